The number of hydrogen-bond donors (Lipinski definition) is 1. The molecule has 0 aromatic carbocycles. The Balaban J connectivity index is 1.37. The van der Waals surface area contributed by atoms with Crippen molar-refractivity contribution in [1.29, 1.82) is 0 Å². The summed E-state index contributed by atoms with van der Waals surface area (Å²) in [5.74, 6) is 2.00. The first-order valence-electron chi connectivity index (χ1n) is 8.76. The third kappa shape index (κ3) is 3.09. The van der Waals surface area contributed by atoms with Crippen LogP contribution < -0.4 is 5.32 Å². The monoisotopic (exact) mass is 317 g/mol. The fourth-order valence-corrected chi connectivity index (χ4v) is 3.82. The lowest BCUT2D eigenvalue weighted by molar-refractivity contribution is -0.00811. The van der Waals surface area contributed by atoms with Gasteiger partial charge in [-0.3, -0.25) is 9.67 Å². The predicted molar refractivity (Wildman–Crippen MR) is 89.2 cm³/mol. The van der Waals surface area contributed by atoms with Crippen molar-refractivity contribution in [3.05, 3.63) is 18.0 Å². The maximum atomic E-state index is 5.93. The van der Waals surface area contributed by atoms with Gasteiger partial charge in [0.05, 0.1) is 19.3 Å². The first kappa shape index (κ1) is 15.0. The fraction of sp³-hybridized carbons (Fsp3) is 0.765. The van der Waals surface area contributed by atoms with Crippen LogP contribution in [0.4, 0.5) is 0 Å². The van der Waals surface area contributed by atoms with E-state index in [9.17, 15) is 0 Å². The molecular weight excluding hydrogens is 290 g/mol. The number of morpholine rings is 1. The van der Waals surface area contributed by atoms with Crippen LogP contribution in [0.25, 0.3) is 0 Å². The Morgan fingerprint density at radius 1 is 1.48 bits per heavy atom. The summed E-state index contributed by atoms with van der Waals surface area (Å²) >= 11 is 0. The van der Waals surface area contributed by atoms with Crippen molar-refractivity contribution in [2.24, 2.45) is 23.4 Å². The van der Waals surface area contributed by atoms with Gasteiger partial charge in [-0.15, -0.1) is 0 Å². The largest absolute Gasteiger partial charge is 0.370 e. The van der Waals surface area contributed by atoms with E-state index in [-0.39, 0.29) is 6.10 Å². The van der Waals surface area contributed by atoms with Gasteiger partial charge in [0.1, 0.15) is 6.10 Å². The van der Waals surface area contributed by atoms with Gasteiger partial charge in [-0.05, 0) is 37.0 Å². The van der Waals surface area contributed by atoms with Crippen LogP contribution in [0.5, 0.6) is 0 Å². The first-order chi connectivity index (χ1) is 11.2. The maximum absolute atomic E-state index is 5.93. The Morgan fingerprint density at radius 3 is 2.91 bits per heavy atom. The number of rotatable bonds is 4. The van der Waals surface area contributed by atoms with E-state index < -0.39 is 0 Å². The van der Waals surface area contributed by atoms with Crippen LogP contribution >= 0.6 is 0 Å². The molecule has 23 heavy (non-hydrogen) atoms. The molecule has 2 aliphatic carbocycles. The molecule has 2 heterocycles. The van der Waals surface area contributed by atoms with E-state index in [1.54, 1.807) is 0 Å². The molecule has 6 nitrogen and oxygen atoms in total. The standard InChI is InChI=1S/C17H27N5O/c1-18-16(19-12-17(5-6-17)14-3-4-14)22-7-8-23-15(11-22)13-9-20-21(2)10-13/h9-10,14-15H,3-8,11-12H2,1-2H3,(H,18,19). The molecule has 0 radical (unpaired) electrons. The summed E-state index contributed by atoms with van der Waals surface area (Å²) in [5, 5.41) is 7.90. The molecule has 3 aliphatic rings. The third-order valence-electron chi connectivity index (χ3n) is 5.61. The van der Waals surface area contributed by atoms with E-state index in [0.29, 0.717) is 5.41 Å². The third-order valence-corrected chi connectivity index (χ3v) is 5.61. The van der Waals surface area contributed by atoms with Crippen LogP contribution in [0.3, 0.4) is 0 Å². The summed E-state index contributed by atoms with van der Waals surface area (Å²) in [4.78, 5) is 6.83. The molecule has 1 N–H and O–H groups in total. The van der Waals surface area contributed by atoms with E-state index in [4.69, 9.17) is 4.74 Å². The molecule has 6 heteroatoms. The summed E-state index contributed by atoms with van der Waals surface area (Å²) in [7, 11) is 3.82. The van der Waals surface area contributed by atoms with Crippen molar-refractivity contribution in [2.75, 3.05) is 33.3 Å². The zero-order chi connectivity index (χ0) is 15.9. The summed E-state index contributed by atoms with van der Waals surface area (Å²) in [5.41, 5.74) is 1.73. The molecule has 1 aliphatic heterocycles. The number of nitrogens with zero attached hydrogens (tertiary/aromatic N) is 4. The number of nitrogens with one attached hydrogen (secondary N) is 1. The minimum Gasteiger partial charge on any atom is -0.370 e. The van der Waals surface area contributed by atoms with Crippen molar-refractivity contribution in [1.82, 2.24) is 20.0 Å². The minimum absolute atomic E-state index is 0.0781. The molecule has 4 rings (SSSR count). The van der Waals surface area contributed by atoms with Gasteiger partial charge >= 0.3 is 0 Å². The van der Waals surface area contributed by atoms with Crippen LogP contribution in [-0.2, 0) is 11.8 Å². The summed E-state index contributed by atoms with van der Waals surface area (Å²) in [6, 6.07) is 0. The predicted octanol–water partition coefficient (Wildman–Crippen LogP) is 1.56. The molecule has 1 unspecified atom stereocenters. The number of aromatic nitrogens is 2. The fourth-order valence-electron chi connectivity index (χ4n) is 3.82. The molecule has 0 bridgehead atoms. The molecule has 2 saturated carbocycles. The zero-order valence-corrected chi connectivity index (χ0v) is 14.2. The highest BCUT2D eigenvalue weighted by Gasteiger charge is 2.53. The lowest BCUT2D eigenvalue weighted by Gasteiger charge is -2.35. The van der Waals surface area contributed by atoms with E-state index in [2.05, 4.69) is 20.3 Å². The number of hydrogen-bond acceptors (Lipinski definition) is 3. The Hall–Kier alpha value is -1.56. The molecule has 3 fully saturated rings. The van der Waals surface area contributed by atoms with Gasteiger partial charge in [0, 0.05) is 38.9 Å². The van der Waals surface area contributed by atoms with Crippen LogP contribution in [0.15, 0.2) is 17.4 Å². The van der Waals surface area contributed by atoms with Crippen molar-refractivity contribution < 1.29 is 4.74 Å². The van der Waals surface area contributed by atoms with E-state index >= 15 is 0 Å². The Morgan fingerprint density at radius 2 is 2.30 bits per heavy atom. The van der Waals surface area contributed by atoms with Crippen LogP contribution in [0, 0.1) is 11.3 Å². The molecule has 0 spiro atoms. The molecular formula is C17H27N5O. The van der Waals surface area contributed by atoms with Gasteiger partial charge in [-0.25, -0.2) is 0 Å². The smallest absolute Gasteiger partial charge is 0.193 e. The van der Waals surface area contributed by atoms with Gasteiger partial charge < -0.3 is 15.0 Å². The Labute approximate surface area is 137 Å². The van der Waals surface area contributed by atoms with Crippen LogP contribution in [-0.4, -0.2) is 53.9 Å². The van der Waals surface area contributed by atoms with Gasteiger partial charge in [0.25, 0.3) is 0 Å². The number of guanidine groups is 1. The van der Waals surface area contributed by atoms with Crippen molar-refractivity contribution in [2.45, 2.75) is 31.8 Å². The SMILES string of the molecule is CN=C(NCC1(C2CC2)CC1)N1CCOC(c2cnn(C)c2)C1. The average Bonchev–Trinajstić information content (AvgIpc) is 3.47. The van der Waals surface area contributed by atoms with Crippen molar-refractivity contribution in [3.8, 4) is 0 Å². The lowest BCUT2D eigenvalue weighted by Crippen LogP contribution is -2.49. The van der Waals surface area contributed by atoms with Crippen molar-refractivity contribution in [3.63, 3.8) is 0 Å². The Kier molecular flexibility index (Phi) is 3.79. The highest BCUT2D eigenvalue weighted by Crippen LogP contribution is 2.60. The second-order valence-corrected chi connectivity index (χ2v) is 7.29. The molecule has 1 atom stereocenters. The topological polar surface area (TPSA) is 54.7 Å². The molecule has 126 valence electrons. The van der Waals surface area contributed by atoms with Gasteiger partial charge in [-0.1, -0.05) is 0 Å². The number of aryl methyl sites for hydroxylation is 1. The molecule has 0 amide bonds. The zero-order valence-electron chi connectivity index (χ0n) is 14.2. The van der Waals surface area contributed by atoms with E-state index in [1.807, 2.05) is 31.2 Å². The van der Waals surface area contributed by atoms with Gasteiger partial charge in [0.2, 0.25) is 0 Å². The summed E-state index contributed by atoms with van der Waals surface area (Å²) in [6.45, 7) is 3.54. The van der Waals surface area contributed by atoms with Crippen LogP contribution in [0.2, 0.25) is 0 Å². The van der Waals surface area contributed by atoms with Gasteiger partial charge in [-0.2, -0.15) is 5.10 Å². The van der Waals surface area contributed by atoms with Crippen molar-refractivity contribution >= 4 is 5.96 Å². The highest BCUT2D eigenvalue weighted by atomic mass is 16.5. The maximum Gasteiger partial charge on any atom is 0.193 e. The average molecular weight is 317 g/mol. The Bertz CT molecular complexity index is 588. The first-order valence-corrected chi connectivity index (χ1v) is 8.76. The normalized spacial score (nSPS) is 27.1. The lowest BCUT2D eigenvalue weighted by atomic mass is 10.0. The number of ether oxygens (including phenoxy) is 1. The molecule has 1 aromatic heterocycles. The quantitative estimate of drug-likeness (QED) is 0.676. The highest BCUT2D eigenvalue weighted by molar-refractivity contribution is 5.80. The van der Waals surface area contributed by atoms with E-state index in [0.717, 1.165) is 43.7 Å². The summed E-state index contributed by atoms with van der Waals surface area (Å²) < 4.78 is 7.76. The molecule has 1 aromatic rings. The second kappa shape index (κ2) is 5.82. The molecule has 1 saturated heterocycles. The van der Waals surface area contributed by atoms with E-state index in [1.165, 1.54) is 25.7 Å². The van der Waals surface area contributed by atoms with Gasteiger partial charge in [0.15, 0.2) is 5.96 Å². The number of aliphatic imine (C=N–C) groups is 1. The second-order valence-electron chi connectivity index (χ2n) is 7.29. The van der Waals surface area contributed by atoms with Crippen LogP contribution in [0.1, 0.15) is 37.4 Å². The summed E-state index contributed by atoms with van der Waals surface area (Å²) in [6.07, 6.45) is 9.66. The minimum atomic E-state index is 0.0781.